The summed E-state index contributed by atoms with van der Waals surface area (Å²) in [5.74, 6) is -4.46. The molecule has 6 amide bonds. The average molecular weight is 926 g/mol. The minimum Gasteiger partial charge on any atom is -0.368 e. The van der Waals surface area contributed by atoms with Gasteiger partial charge in [0.05, 0.1) is 31.7 Å². The van der Waals surface area contributed by atoms with Crippen molar-refractivity contribution in [1.82, 2.24) is 29.8 Å². The highest BCUT2D eigenvalue weighted by Gasteiger charge is 2.32. The van der Waals surface area contributed by atoms with E-state index < -0.39 is 86.0 Å². The number of carbonyl (C=O) groups is 6. The van der Waals surface area contributed by atoms with Gasteiger partial charge in [-0.05, 0) is 106 Å². The summed E-state index contributed by atoms with van der Waals surface area (Å²) in [6.45, 7) is 2.33. The quantitative estimate of drug-likeness (QED) is 0.0609. The lowest BCUT2D eigenvalue weighted by molar-refractivity contribution is -0.149. The Hall–Kier alpha value is -6.56. The molecule has 67 heavy (non-hydrogen) atoms. The molecule has 0 aliphatic carbocycles. The van der Waals surface area contributed by atoms with Crippen molar-refractivity contribution in [1.29, 1.82) is 0 Å². The third-order valence-corrected chi connectivity index (χ3v) is 11.3. The van der Waals surface area contributed by atoms with E-state index >= 15 is 0 Å². The molecule has 0 saturated heterocycles. The number of nitrogens with zero attached hydrogens (tertiary/aromatic N) is 5. The summed E-state index contributed by atoms with van der Waals surface area (Å²) in [6, 6.07) is 27.8. The lowest BCUT2D eigenvalue weighted by Gasteiger charge is -2.35. The fourth-order valence-electron chi connectivity index (χ4n) is 7.42. The highest BCUT2D eigenvalue weighted by Crippen LogP contribution is 2.23. The second-order valence-electron chi connectivity index (χ2n) is 16.4. The summed E-state index contributed by atoms with van der Waals surface area (Å²) in [5, 5.41) is 3.10. The topological polar surface area (TPSA) is 209 Å². The molecule has 360 valence electrons. The zero-order valence-corrected chi connectivity index (χ0v) is 38.5. The third-order valence-electron chi connectivity index (χ3n) is 11.3. The van der Waals surface area contributed by atoms with E-state index in [2.05, 4.69) is 5.32 Å². The Morgan fingerprint density at radius 3 is 1.39 bits per heavy atom. The van der Waals surface area contributed by atoms with E-state index in [1.54, 1.807) is 50.2 Å². The van der Waals surface area contributed by atoms with Crippen molar-refractivity contribution < 1.29 is 37.5 Å². The molecule has 4 rings (SSSR count). The minimum atomic E-state index is -0.758. The summed E-state index contributed by atoms with van der Waals surface area (Å²) in [7, 11) is 0. The zero-order chi connectivity index (χ0) is 48.7. The molecule has 0 heterocycles. The van der Waals surface area contributed by atoms with Crippen molar-refractivity contribution in [2.45, 2.75) is 64.7 Å². The van der Waals surface area contributed by atoms with Gasteiger partial charge in [-0.15, -0.1) is 0 Å². The van der Waals surface area contributed by atoms with Crippen LogP contribution < -0.4 is 22.5 Å². The molecule has 0 aromatic heterocycles. The van der Waals surface area contributed by atoms with Crippen LogP contribution >= 0.6 is 0 Å². The van der Waals surface area contributed by atoms with E-state index in [0.717, 1.165) is 18.4 Å². The van der Waals surface area contributed by atoms with E-state index in [4.69, 9.17) is 17.2 Å². The van der Waals surface area contributed by atoms with E-state index in [0.29, 0.717) is 49.2 Å². The van der Waals surface area contributed by atoms with Crippen molar-refractivity contribution in [2.75, 3.05) is 65.4 Å². The van der Waals surface area contributed by atoms with E-state index in [1.165, 1.54) is 73.0 Å². The first-order valence-corrected chi connectivity index (χ1v) is 22.6. The maximum Gasteiger partial charge on any atom is 0.243 e. The van der Waals surface area contributed by atoms with Gasteiger partial charge in [-0.3, -0.25) is 28.8 Å². The van der Waals surface area contributed by atoms with Gasteiger partial charge in [0, 0.05) is 19.6 Å². The zero-order valence-electron chi connectivity index (χ0n) is 38.5. The van der Waals surface area contributed by atoms with Gasteiger partial charge in [-0.1, -0.05) is 84.9 Å². The molecule has 0 saturated carbocycles. The van der Waals surface area contributed by atoms with E-state index in [9.17, 15) is 37.5 Å². The summed E-state index contributed by atoms with van der Waals surface area (Å²) in [4.78, 5) is 90.5. The highest BCUT2D eigenvalue weighted by atomic mass is 19.1. The number of nitrogens with two attached hydrogens (primary N) is 3. The summed E-state index contributed by atoms with van der Waals surface area (Å²) >= 11 is 0. The van der Waals surface area contributed by atoms with Gasteiger partial charge >= 0.3 is 0 Å². The molecule has 17 heteroatoms. The SMILES string of the molecule is C[C@@H](c1ccccc1)N(CC(N)=O)C(=O)CN(Cc1ccc(F)cc1)C(=O)CN(CCCCN)C(=O)CN(C(=O)CN(Cc1ccc(F)cc1)C(=O)CNCCCCN)[C@@H](C)c1ccccc1. The predicted molar refractivity (Wildman–Crippen MR) is 252 cm³/mol. The number of hydrogen-bond acceptors (Lipinski definition) is 9. The van der Waals surface area contributed by atoms with Gasteiger partial charge < -0.3 is 47.0 Å². The highest BCUT2D eigenvalue weighted by molar-refractivity contribution is 5.92. The van der Waals surface area contributed by atoms with Crippen LogP contribution in [-0.2, 0) is 41.9 Å². The molecule has 4 aromatic rings. The van der Waals surface area contributed by atoms with Crippen LogP contribution in [0.3, 0.4) is 0 Å². The number of unbranched alkanes of at least 4 members (excludes halogenated alkanes) is 2. The molecule has 0 fully saturated rings. The maximum absolute atomic E-state index is 14.6. The van der Waals surface area contributed by atoms with Crippen LogP contribution in [0, 0.1) is 11.6 Å². The second kappa shape index (κ2) is 27.8. The lowest BCUT2D eigenvalue weighted by Crippen LogP contribution is -2.52. The maximum atomic E-state index is 14.6. The van der Waals surface area contributed by atoms with Gasteiger partial charge in [0.1, 0.15) is 31.3 Å². The first-order valence-electron chi connectivity index (χ1n) is 22.6. The fraction of sp³-hybridized carbons (Fsp3) is 0.400. The van der Waals surface area contributed by atoms with Gasteiger partial charge in [0.25, 0.3) is 0 Å². The summed E-state index contributed by atoms with van der Waals surface area (Å²) in [5.41, 5.74) is 19.6. The smallest absolute Gasteiger partial charge is 0.243 e. The largest absolute Gasteiger partial charge is 0.368 e. The number of nitrogens with one attached hydrogen (secondary N) is 1. The Bertz CT molecular complexity index is 2190. The van der Waals surface area contributed by atoms with Crippen LogP contribution in [0.1, 0.15) is 73.9 Å². The molecule has 4 aromatic carbocycles. The normalized spacial score (nSPS) is 11.9. The number of halogens is 2. The fourth-order valence-corrected chi connectivity index (χ4v) is 7.42. The molecular weight excluding hydrogens is 861 g/mol. The van der Waals surface area contributed by atoms with Crippen LogP contribution in [0.15, 0.2) is 109 Å². The second-order valence-corrected chi connectivity index (χ2v) is 16.4. The molecule has 0 radical (unpaired) electrons. The summed E-state index contributed by atoms with van der Waals surface area (Å²) in [6.07, 6.45) is 2.44. The van der Waals surface area contributed by atoms with Gasteiger partial charge in [-0.2, -0.15) is 0 Å². The van der Waals surface area contributed by atoms with Crippen LogP contribution in [0.4, 0.5) is 8.78 Å². The van der Waals surface area contributed by atoms with E-state index in [-0.39, 0.29) is 32.1 Å². The number of amides is 6. The first kappa shape index (κ1) is 53.1. The van der Waals surface area contributed by atoms with Gasteiger partial charge in [-0.25, -0.2) is 8.78 Å². The van der Waals surface area contributed by atoms with Crippen molar-refractivity contribution in [2.24, 2.45) is 17.2 Å². The monoisotopic (exact) mass is 926 g/mol. The number of carbonyl (C=O) groups excluding carboxylic acids is 6. The molecule has 0 unspecified atom stereocenters. The molecular formula is C50H65F2N9O6. The molecule has 2 atom stereocenters. The van der Waals surface area contributed by atoms with Crippen molar-refractivity contribution in [3.8, 4) is 0 Å². The number of rotatable bonds is 28. The Morgan fingerprint density at radius 1 is 0.507 bits per heavy atom. The Kier molecular flexibility index (Phi) is 22.0. The number of hydrogen-bond donors (Lipinski definition) is 4. The van der Waals surface area contributed by atoms with Crippen LogP contribution in [-0.4, -0.2) is 125 Å². The standard InChI is InChI=1S/C50H65F2N9O6/c1-37(41-13-5-3-6-14-41)60(32-45(55)62)49(66)35-59(31-40-19-23-44(52)24-20-40)47(64)33-57(28-12-10-26-54)48(65)36-61(38(2)42-15-7-4-8-16-42)50(67)34-58(30-39-17-21-43(51)22-18-39)46(63)29-56-27-11-9-25-53/h3-8,13-24,37-38,56H,9-12,25-36,53-54H2,1-2H3,(H2,55,62)/t37-,38-/m0/s1. The number of benzene rings is 4. The van der Waals surface area contributed by atoms with Crippen molar-refractivity contribution in [3.05, 3.63) is 143 Å². The molecule has 7 N–H and O–H groups in total. The first-order chi connectivity index (χ1) is 32.2. The Labute approximate surface area is 392 Å². The van der Waals surface area contributed by atoms with Crippen molar-refractivity contribution in [3.63, 3.8) is 0 Å². The van der Waals surface area contributed by atoms with Crippen LogP contribution in [0.2, 0.25) is 0 Å². The molecule has 0 aliphatic rings. The van der Waals surface area contributed by atoms with Crippen LogP contribution in [0.25, 0.3) is 0 Å². The third kappa shape index (κ3) is 17.6. The Balaban J connectivity index is 1.65. The molecule has 0 bridgehead atoms. The molecule has 15 nitrogen and oxygen atoms in total. The molecule has 0 aliphatic heterocycles. The predicted octanol–water partition coefficient (Wildman–Crippen LogP) is 3.88. The minimum absolute atomic E-state index is 0.0137. The summed E-state index contributed by atoms with van der Waals surface area (Å²) < 4.78 is 27.9. The van der Waals surface area contributed by atoms with E-state index in [1.807, 2.05) is 24.3 Å². The Morgan fingerprint density at radius 2 is 0.925 bits per heavy atom. The lowest BCUT2D eigenvalue weighted by atomic mass is 10.1. The molecule has 0 spiro atoms. The van der Waals surface area contributed by atoms with Gasteiger partial charge in [0.2, 0.25) is 35.4 Å². The average Bonchev–Trinajstić information content (AvgIpc) is 3.32. The van der Waals surface area contributed by atoms with Crippen molar-refractivity contribution >= 4 is 35.4 Å². The van der Waals surface area contributed by atoms with Crippen LogP contribution in [0.5, 0.6) is 0 Å². The number of primary amides is 1. The van der Waals surface area contributed by atoms with Gasteiger partial charge in [0.15, 0.2) is 0 Å².